The highest BCUT2D eigenvalue weighted by molar-refractivity contribution is 9.10. The SMILES string of the molecule is COc1ccc(Br)cc1C(N)C1CCCCCCC1. The first kappa shape index (κ1) is 14.9. The Kier molecular flexibility index (Phi) is 5.71. The Balaban J connectivity index is 2.16. The Morgan fingerprint density at radius 1 is 1.16 bits per heavy atom. The van der Waals surface area contributed by atoms with Gasteiger partial charge in [-0.25, -0.2) is 0 Å². The molecule has 2 N–H and O–H groups in total. The molecule has 1 fully saturated rings. The van der Waals surface area contributed by atoms with Crippen molar-refractivity contribution in [1.82, 2.24) is 0 Å². The van der Waals surface area contributed by atoms with E-state index in [2.05, 4.69) is 22.0 Å². The average molecular weight is 326 g/mol. The van der Waals surface area contributed by atoms with Crippen LogP contribution >= 0.6 is 15.9 Å². The lowest BCUT2D eigenvalue weighted by molar-refractivity contribution is 0.318. The predicted octanol–water partition coefficient (Wildman–Crippen LogP) is 4.82. The van der Waals surface area contributed by atoms with Gasteiger partial charge in [0.2, 0.25) is 0 Å². The third-order valence-electron chi connectivity index (χ3n) is 4.21. The Hall–Kier alpha value is -0.540. The van der Waals surface area contributed by atoms with Crippen molar-refractivity contribution in [2.24, 2.45) is 11.7 Å². The van der Waals surface area contributed by atoms with Gasteiger partial charge in [-0.3, -0.25) is 0 Å². The first-order valence-electron chi connectivity index (χ1n) is 7.31. The van der Waals surface area contributed by atoms with E-state index in [9.17, 15) is 0 Å². The van der Waals surface area contributed by atoms with Crippen molar-refractivity contribution in [2.45, 2.75) is 51.0 Å². The fourth-order valence-electron chi connectivity index (χ4n) is 3.07. The standard InChI is InChI=1S/C16H24BrNO/c1-19-15-10-9-13(17)11-14(15)16(18)12-7-5-3-2-4-6-8-12/h9-12,16H,2-8,18H2,1H3. The molecule has 2 rings (SSSR count). The lowest BCUT2D eigenvalue weighted by Gasteiger charge is -2.27. The molecule has 0 bridgehead atoms. The minimum atomic E-state index is 0.0885. The van der Waals surface area contributed by atoms with Crippen LogP contribution in [0.1, 0.15) is 56.6 Å². The molecular formula is C16H24BrNO. The molecule has 0 aliphatic heterocycles. The Morgan fingerprint density at radius 2 is 1.79 bits per heavy atom. The van der Waals surface area contributed by atoms with Crippen LogP contribution in [-0.2, 0) is 0 Å². The summed E-state index contributed by atoms with van der Waals surface area (Å²) < 4.78 is 6.54. The number of methoxy groups -OCH3 is 1. The first-order chi connectivity index (χ1) is 9.22. The lowest BCUT2D eigenvalue weighted by Crippen LogP contribution is -2.23. The summed E-state index contributed by atoms with van der Waals surface area (Å²) >= 11 is 3.53. The van der Waals surface area contributed by atoms with Gasteiger partial charge in [0.25, 0.3) is 0 Å². The number of hydrogen-bond acceptors (Lipinski definition) is 2. The zero-order valence-electron chi connectivity index (χ0n) is 11.7. The van der Waals surface area contributed by atoms with Gasteiger partial charge in [-0.15, -0.1) is 0 Å². The van der Waals surface area contributed by atoms with Crippen LogP contribution in [0.15, 0.2) is 22.7 Å². The average Bonchev–Trinajstić information content (AvgIpc) is 2.37. The van der Waals surface area contributed by atoms with Crippen molar-refractivity contribution in [3.05, 3.63) is 28.2 Å². The summed E-state index contributed by atoms with van der Waals surface area (Å²) in [6, 6.07) is 6.21. The summed E-state index contributed by atoms with van der Waals surface area (Å²) in [6.45, 7) is 0. The van der Waals surface area contributed by atoms with Crippen molar-refractivity contribution < 1.29 is 4.74 Å². The minimum absolute atomic E-state index is 0.0885. The zero-order chi connectivity index (χ0) is 13.7. The molecule has 1 atom stereocenters. The molecule has 1 saturated carbocycles. The van der Waals surface area contributed by atoms with Gasteiger partial charge < -0.3 is 10.5 Å². The Labute approximate surface area is 124 Å². The van der Waals surface area contributed by atoms with E-state index in [1.54, 1.807) is 7.11 Å². The van der Waals surface area contributed by atoms with Gasteiger partial charge in [-0.2, -0.15) is 0 Å². The maximum absolute atomic E-state index is 6.53. The predicted molar refractivity (Wildman–Crippen MR) is 83.4 cm³/mol. The van der Waals surface area contributed by atoms with Crippen LogP contribution in [0.3, 0.4) is 0 Å². The van der Waals surface area contributed by atoms with Crippen LogP contribution in [0.4, 0.5) is 0 Å². The van der Waals surface area contributed by atoms with Crippen molar-refractivity contribution in [3.63, 3.8) is 0 Å². The molecule has 0 amide bonds. The van der Waals surface area contributed by atoms with Gasteiger partial charge in [0.05, 0.1) is 7.11 Å². The van der Waals surface area contributed by atoms with Gasteiger partial charge in [0, 0.05) is 16.1 Å². The van der Waals surface area contributed by atoms with Crippen molar-refractivity contribution in [1.29, 1.82) is 0 Å². The number of halogens is 1. The second-order valence-corrected chi connectivity index (χ2v) is 6.43. The quantitative estimate of drug-likeness (QED) is 0.864. The fourth-order valence-corrected chi connectivity index (χ4v) is 3.45. The molecule has 0 spiro atoms. The van der Waals surface area contributed by atoms with Gasteiger partial charge in [-0.1, -0.05) is 48.0 Å². The summed E-state index contributed by atoms with van der Waals surface area (Å²) in [5.74, 6) is 1.50. The summed E-state index contributed by atoms with van der Waals surface area (Å²) in [7, 11) is 1.72. The number of hydrogen-bond donors (Lipinski definition) is 1. The zero-order valence-corrected chi connectivity index (χ0v) is 13.3. The molecule has 0 aromatic heterocycles. The van der Waals surface area contributed by atoms with Crippen molar-refractivity contribution >= 4 is 15.9 Å². The Bertz CT molecular complexity index is 400. The van der Waals surface area contributed by atoms with Crippen LogP contribution < -0.4 is 10.5 Å². The third kappa shape index (κ3) is 3.96. The molecule has 19 heavy (non-hydrogen) atoms. The molecule has 1 aliphatic rings. The highest BCUT2D eigenvalue weighted by Crippen LogP contribution is 2.36. The molecule has 3 heteroatoms. The molecule has 1 unspecified atom stereocenters. The van der Waals surface area contributed by atoms with E-state index >= 15 is 0 Å². The second-order valence-electron chi connectivity index (χ2n) is 5.52. The highest BCUT2D eigenvalue weighted by Gasteiger charge is 2.23. The van der Waals surface area contributed by atoms with Crippen molar-refractivity contribution in [2.75, 3.05) is 7.11 Å². The minimum Gasteiger partial charge on any atom is -0.496 e. The lowest BCUT2D eigenvalue weighted by atomic mass is 9.83. The molecule has 0 radical (unpaired) electrons. The van der Waals surface area contributed by atoms with Crippen LogP contribution in [0.25, 0.3) is 0 Å². The monoisotopic (exact) mass is 325 g/mol. The van der Waals surface area contributed by atoms with Crippen LogP contribution in [-0.4, -0.2) is 7.11 Å². The molecule has 106 valence electrons. The first-order valence-corrected chi connectivity index (χ1v) is 8.10. The van der Waals surface area contributed by atoms with Gasteiger partial charge in [-0.05, 0) is 37.0 Å². The number of ether oxygens (including phenoxy) is 1. The largest absolute Gasteiger partial charge is 0.496 e. The van der Waals surface area contributed by atoms with Crippen LogP contribution in [0, 0.1) is 5.92 Å². The van der Waals surface area contributed by atoms with E-state index in [4.69, 9.17) is 10.5 Å². The molecule has 0 heterocycles. The molecule has 1 aromatic rings. The maximum Gasteiger partial charge on any atom is 0.123 e. The smallest absolute Gasteiger partial charge is 0.123 e. The van der Waals surface area contributed by atoms with E-state index in [1.165, 1.54) is 44.9 Å². The topological polar surface area (TPSA) is 35.2 Å². The number of nitrogens with two attached hydrogens (primary N) is 1. The van der Waals surface area contributed by atoms with E-state index in [0.29, 0.717) is 5.92 Å². The Morgan fingerprint density at radius 3 is 2.42 bits per heavy atom. The van der Waals surface area contributed by atoms with E-state index < -0.39 is 0 Å². The van der Waals surface area contributed by atoms with E-state index in [-0.39, 0.29) is 6.04 Å². The number of benzene rings is 1. The normalized spacial score (nSPS) is 19.5. The number of rotatable bonds is 3. The summed E-state index contributed by atoms with van der Waals surface area (Å²) in [5.41, 5.74) is 7.68. The summed E-state index contributed by atoms with van der Waals surface area (Å²) in [5, 5.41) is 0. The van der Waals surface area contributed by atoms with E-state index in [0.717, 1.165) is 15.8 Å². The van der Waals surface area contributed by atoms with Gasteiger partial charge >= 0.3 is 0 Å². The van der Waals surface area contributed by atoms with Crippen LogP contribution in [0.5, 0.6) is 5.75 Å². The summed E-state index contributed by atoms with van der Waals surface area (Å²) in [6.07, 6.45) is 9.23. The molecule has 2 nitrogen and oxygen atoms in total. The second kappa shape index (κ2) is 7.30. The fraction of sp³-hybridized carbons (Fsp3) is 0.625. The molecule has 0 saturated heterocycles. The van der Waals surface area contributed by atoms with Gasteiger partial charge in [0.15, 0.2) is 0 Å². The molecule has 1 aromatic carbocycles. The third-order valence-corrected chi connectivity index (χ3v) is 4.70. The van der Waals surface area contributed by atoms with Crippen molar-refractivity contribution in [3.8, 4) is 5.75 Å². The molecular weight excluding hydrogens is 302 g/mol. The highest BCUT2D eigenvalue weighted by atomic mass is 79.9. The van der Waals surface area contributed by atoms with E-state index in [1.807, 2.05) is 12.1 Å². The summed E-state index contributed by atoms with van der Waals surface area (Å²) in [4.78, 5) is 0. The molecule has 1 aliphatic carbocycles. The van der Waals surface area contributed by atoms with Crippen LogP contribution in [0.2, 0.25) is 0 Å². The maximum atomic E-state index is 6.53. The van der Waals surface area contributed by atoms with Gasteiger partial charge in [0.1, 0.15) is 5.75 Å².